The second-order valence-electron chi connectivity index (χ2n) is 7.62. The van der Waals surface area contributed by atoms with E-state index in [2.05, 4.69) is 19.9 Å². The Morgan fingerprint density at radius 2 is 1.90 bits per heavy atom. The first-order chi connectivity index (χ1) is 9.48. The zero-order chi connectivity index (χ0) is 14.0. The van der Waals surface area contributed by atoms with Crippen LogP contribution in [-0.2, 0) is 14.3 Å². The average Bonchev–Trinajstić information content (AvgIpc) is 2.97. The molecular formula is C17H24O3. The lowest BCUT2D eigenvalue weighted by atomic mass is 9.49. The quantitative estimate of drug-likeness (QED) is 0.637. The number of Topliss-reactive ketones (excluding diaryl/α,β-unsaturated/α-hetero) is 1. The Balaban J connectivity index is 1.70. The molecule has 4 aliphatic rings. The van der Waals surface area contributed by atoms with Gasteiger partial charge in [0.2, 0.25) is 0 Å². The zero-order valence-electron chi connectivity index (χ0n) is 12.5. The maximum absolute atomic E-state index is 12.0. The minimum atomic E-state index is -0.350. The molecule has 0 aromatic heterocycles. The summed E-state index contributed by atoms with van der Waals surface area (Å²) in [4.78, 5) is 12.0. The van der Waals surface area contributed by atoms with E-state index in [1.807, 2.05) is 0 Å². The number of hydrogen-bond donors (Lipinski definition) is 0. The SMILES string of the molecule is C[C@]12CCC3(CC1=CC[C@H]1CC(=O)C[C@@]12C)OCCO3. The molecule has 0 aromatic rings. The van der Waals surface area contributed by atoms with Crippen molar-refractivity contribution in [3.05, 3.63) is 11.6 Å². The third-order valence-electron chi connectivity index (χ3n) is 6.84. The first-order valence-electron chi connectivity index (χ1n) is 7.97. The predicted molar refractivity (Wildman–Crippen MR) is 75.1 cm³/mol. The van der Waals surface area contributed by atoms with E-state index in [4.69, 9.17) is 9.47 Å². The molecule has 0 N–H and O–H groups in total. The van der Waals surface area contributed by atoms with Gasteiger partial charge in [-0.3, -0.25) is 4.79 Å². The minimum Gasteiger partial charge on any atom is -0.347 e. The molecule has 0 unspecified atom stereocenters. The highest BCUT2D eigenvalue weighted by Crippen LogP contribution is 2.66. The van der Waals surface area contributed by atoms with Crippen LogP contribution in [0.3, 0.4) is 0 Å². The molecule has 4 rings (SSSR count). The summed E-state index contributed by atoms with van der Waals surface area (Å²) in [5.41, 5.74) is 1.79. The fourth-order valence-electron chi connectivity index (χ4n) is 5.27. The Bertz CT molecular complexity index is 488. The molecule has 2 saturated carbocycles. The fourth-order valence-corrected chi connectivity index (χ4v) is 5.27. The van der Waals surface area contributed by atoms with Gasteiger partial charge < -0.3 is 9.47 Å². The second kappa shape index (κ2) is 3.95. The van der Waals surface area contributed by atoms with Gasteiger partial charge in [0.15, 0.2) is 5.79 Å². The van der Waals surface area contributed by atoms with Crippen molar-refractivity contribution in [1.29, 1.82) is 0 Å². The molecule has 1 saturated heterocycles. The lowest BCUT2D eigenvalue weighted by Crippen LogP contribution is -2.51. The van der Waals surface area contributed by atoms with E-state index in [1.54, 1.807) is 0 Å². The third kappa shape index (κ3) is 1.51. The molecule has 3 aliphatic carbocycles. The molecule has 0 amide bonds. The Kier molecular flexibility index (Phi) is 2.57. The Hall–Kier alpha value is -0.670. The number of allylic oxidation sites excluding steroid dienone is 1. The van der Waals surface area contributed by atoms with Crippen molar-refractivity contribution in [2.24, 2.45) is 16.7 Å². The monoisotopic (exact) mass is 276 g/mol. The maximum Gasteiger partial charge on any atom is 0.172 e. The van der Waals surface area contributed by atoms with Gasteiger partial charge in [-0.05, 0) is 29.6 Å². The number of rotatable bonds is 0. The van der Waals surface area contributed by atoms with Gasteiger partial charge in [0, 0.05) is 25.7 Å². The highest BCUT2D eigenvalue weighted by molar-refractivity contribution is 5.82. The van der Waals surface area contributed by atoms with E-state index in [1.165, 1.54) is 5.57 Å². The van der Waals surface area contributed by atoms with Gasteiger partial charge in [0.1, 0.15) is 5.78 Å². The summed E-state index contributed by atoms with van der Waals surface area (Å²) >= 11 is 0. The standard InChI is InChI=1S/C17H24O3/c1-15-5-6-17(19-7-8-20-17)10-13(15)4-3-12-9-14(18)11-16(12,15)2/h4,12H,3,5-11H2,1-2H3/t12-,15-,16-/m0/s1. The normalized spacial score (nSPS) is 46.2. The van der Waals surface area contributed by atoms with Crippen molar-refractivity contribution in [2.75, 3.05) is 13.2 Å². The highest BCUT2D eigenvalue weighted by Gasteiger charge is 2.60. The van der Waals surface area contributed by atoms with Gasteiger partial charge in [0.25, 0.3) is 0 Å². The number of fused-ring (bicyclic) bond motifs is 3. The minimum absolute atomic E-state index is 0.147. The van der Waals surface area contributed by atoms with Crippen molar-refractivity contribution < 1.29 is 14.3 Å². The number of ketones is 1. The summed E-state index contributed by atoms with van der Waals surface area (Å²) in [6.07, 6.45) is 7.96. The fraction of sp³-hybridized carbons (Fsp3) is 0.824. The van der Waals surface area contributed by atoms with Gasteiger partial charge in [0.05, 0.1) is 13.2 Å². The van der Waals surface area contributed by atoms with Crippen molar-refractivity contribution in [2.45, 2.75) is 58.2 Å². The topological polar surface area (TPSA) is 35.5 Å². The smallest absolute Gasteiger partial charge is 0.172 e. The molecule has 1 heterocycles. The van der Waals surface area contributed by atoms with Gasteiger partial charge >= 0.3 is 0 Å². The van der Waals surface area contributed by atoms with E-state index in [0.717, 1.165) is 51.7 Å². The number of carbonyl (C=O) groups is 1. The van der Waals surface area contributed by atoms with E-state index in [9.17, 15) is 4.79 Å². The second-order valence-corrected chi connectivity index (χ2v) is 7.62. The Labute approximate surface area is 120 Å². The molecule has 0 aromatic carbocycles. The van der Waals surface area contributed by atoms with Crippen LogP contribution in [0.2, 0.25) is 0 Å². The largest absolute Gasteiger partial charge is 0.347 e. The molecule has 3 heteroatoms. The summed E-state index contributed by atoms with van der Waals surface area (Å²) in [7, 11) is 0. The summed E-state index contributed by atoms with van der Waals surface area (Å²) in [5, 5.41) is 0. The summed E-state index contributed by atoms with van der Waals surface area (Å²) < 4.78 is 11.8. The number of hydrogen-bond acceptors (Lipinski definition) is 3. The molecule has 0 bridgehead atoms. The van der Waals surface area contributed by atoms with Crippen LogP contribution in [0.25, 0.3) is 0 Å². The van der Waals surface area contributed by atoms with Crippen molar-refractivity contribution in [3.63, 3.8) is 0 Å². The molecular weight excluding hydrogens is 252 g/mol. The molecule has 3 atom stereocenters. The first kappa shape index (κ1) is 13.0. The van der Waals surface area contributed by atoms with Crippen LogP contribution in [0.1, 0.15) is 52.4 Å². The van der Waals surface area contributed by atoms with Crippen molar-refractivity contribution >= 4 is 5.78 Å². The summed E-state index contributed by atoms with van der Waals surface area (Å²) in [5.74, 6) is 0.655. The van der Waals surface area contributed by atoms with Crippen LogP contribution in [0.15, 0.2) is 11.6 Å². The summed E-state index contributed by atoms with van der Waals surface area (Å²) in [6.45, 7) is 6.18. The van der Waals surface area contributed by atoms with Gasteiger partial charge in [-0.1, -0.05) is 25.5 Å². The van der Waals surface area contributed by atoms with Crippen LogP contribution in [0.4, 0.5) is 0 Å². The van der Waals surface area contributed by atoms with Crippen LogP contribution >= 0.6 is 0 Å². The Morgan fingerprint density at radius 3 is 2.65 bits per heavy atom. The molecule has 1 aliphatic heterocycles. The predicted octanol–water partition coefficient (Wildman–Crippen LogP) is 3.24. The molecule has 20 heavy (non-hydrogen) atoms. The highest BCUT2D eigenvalue weighted by atomic mass is 16.7. The van der Waals surface area contributed by atoms with Crippen LogP contribution < -0.4 is 0 Å². The number of ether oxygens (including phenoxy) is 2. The lowest BCUT2D eigenvalue weighted by molar-refractivity contribution is -0.186. The van der Waals surface area contributed by atoms with Crippen LogP contribution in [-0.4, -0.2) is 24.8 Å². The molecule has 3 fully saturated rings. The molecule has 110 valence electrons. The Morgan fingerprint density at radius 1 is 1.15 bits per heavy atom. The third-order valence-corrected chi connectivity index (χ3v) is 6.84. The first-order valence-corrected chi connectivity index (χ1v) is 7.97. The van der Waals surface area contributed by atoms with E-state index in [0.29, 0.717) is 11.7 Å². The van der Waals surface area contributed by atoms with Crippen LogP contribution in [0, 0.1) is 16.7 Å². The lowest BCUT2D eigenvalue weighted by Gasteiger charge is -2.56. The molecule has 3 nitrogen and oxygen atoms in total. The van der Waals surface area contributed by atoms with Crippen molar-refractivity contribution in [1.82, 2.24) is 0 Å². The van der Waals surface area contributed by atoms with Crippen molar-refractivity contribution in [3.8, 4) is 0 Å². The number of carbonyl (C=O) groups excluding carboxylic acids is 1. The maximum atomic E-state index is 12.0. The van der Waals surface area contributed by atoms with Gasteiger partial charge in [-0.25, -0.2) is 0 Å². The molecule has 0 radical (unpaired) electrons. The van der Waals surface area contributed by atoms with E-state index < -0.39 is 0 Å². The summed E-state index contributed by atoms with van der Waals surface area (Å²) in [6, 6.07) is 0. The van der Waals surface area contributed by atoms with Gasteiger partial charge in [-0.15, -0.1) is 0 Å². The van der Waals surface area contributed by atoms with E-state index in [-0.39, 0.29) is 16.6 Å². The average molecular weight is 276 g/mol. The van der Waals surface area contributed by atoms with E-state index >= 15 is 0 Å². The van der Waals surface area contributed by atoms with Gasteiger partial charge in [-0.2, -0.15) is 0 Å². The van der Waals surface area contributed by atoms with Crippen LogP contribution in [0.5, 0.6) is 0 Å². The zero-order valence-corrected chi connectivity index (χ0v) is 12.5. The molecule has 1 spiro atoms.